The lowest BCUT2D eigenvalue weighted by Crippen LogP contribution is -2.41. The van der Waals surface area contributed by atoms with Crippen LogP contribution in [0.1, 0.15) is 75.5 Å². The zero-order valence-electron chi connectivity index (χ0n) is 24.1. The van der Waals surface area contributed by atoms with Crippen molar-refractivity contribution < 1.29 is 18.7 Å². The number of carbonyl (C=O) groups excluding carboxylic acids is 2. The van der Waals surface area contributed by atoms with Gasteiger partial charge in [-0.1, -0.05) is 5.21 Å². The number of aromatic nitrogens is 6. The fourth-order valence-corrected chi connectivity index (χ4v) is 5.86. The highest BCUT2D eigenvalue weighted by Crippen LogP contribution is 2.40. The number of amides is 2. The number of anilines is 2. The number of rotatable bonds is 6. The van der Waals surface area contributed by atoms with Crippen molar-refractivity contribution in [1.82, 2.24) is 34.3 Å². The van der Waals surface area contributed by atoms with Gasteiger partial charge in [0.05, 0.1) is 23.9 Å². The number of ether oxygens (including phenoxy) is 1. The van der Waals surface area contributed by atoms with Gasteiger partial charge in [0.15, 0.2) is 5.82 Å². The minimum Gasteiger partial charge on any atom is -0.493 e. The normalized spacial score (nSPS) is 18.9. The molecule has 5 heterocycles. The maximum absolute atomic E-state index is 15.7. The van der Waals surface area contributed by atoms with Gasteiger partial charge in [-0.15, -0.1) is 5.10 Å². The van der Waals surface area contributed by atoms with Crippen LogP contribution in [0.5, 0.6) is 5.75 Å². The Hall–Kier alpha value is -4.55. The molecular weight excluding hydrogens is 541 g/mol. The van der Waals surface area contributed by atoms with Crippen molar-refractivity contribution >= 4 is 29.0 Å². The summed E-state index contributed by atoms with van der Waals surface area (Å²) in [4.78, 5) is 36.8. The summed E-state index contributed by atoms with van der Waals surface area (Å²) in [7, 11) is 0. The number of hydrogen-bond donors (Lipinski definition) is 2. The quantitative estimate of drug-likeness (QED) is 0.351. The highest BCUT2D eigenvalue weighted by Gasteiger charge is 2.38. The fourth-order valence-electron chi connectivity index (χ4n) is 5.86. The van der Waals surface area contributed by atoms with Gasteiger partial charge in [-0.2, -0.15) is 0 Å². The molecule has 0 saturated carbocycles. The third-order valence-corrected chi connectivity index (χ3v) is 7.98. The van der Waals surface area contributed by atoms with E-state index < -0.39 is 11.7 Å². The molecule has 2 amide bonds. The molecule has 220 valence electrons. The Kier molecular flexibility index (Phi) is 6.82. The highest BCUT2D eigenvalue weighted by molar-refractivity contribution is 6.05. The number of piperidine rings is 1. The van der Waals surface area contributed by atoms with Crippen molar-refractivity contribution in [2.75, 3.05) is 24.2 Å². The summed E-state index contributed by atoms with van der Waals surface area (Å²) in [6.45, 7) is 8.48. The third-order valence-electron chi connectivity index (χ3n) is 7.98. The number of fused-ring (bicyclic) bond motifs is 2. The Morgan fingerprint density at radius 1 is 1.24 bits per heavy atom. The van der Waals surface area contributed by atoms with E-state index in [2.05, 4.69) is 20.6 Å². The zero-order valence-corrected chi connectivity index (χ0v) is 24.1. The monoisotopic (exact) mass is 575 g/mol. The van der Waals surface area contributed by atoms with Crippen LogP contribution < -0.4 is 15.8 Å². The van der Waals surface area contributed by atoms with Gasteiger partial charge in [0, 0.05) is 42.9 Å². The smallest absolute Gasteiger partial charge is 0.260 e. The first kappa shape index (κ1) is 27.6. The highest BCUT2D eigenvalue weighted by atomic mass is 19.1. The van der Waals surface area contributed by atoms with Crippen LogP contribution in [-0.2, 0) is 10.3 Å². The van der Waals surface area contributed by atoms with Crippen molar-refractivity contribution in [3.63, 3.8) is 0 Å². The summed E-state index contributed by atoms with van der Waals surface area (Å²) < 4.78 is 25.1. The molecule has 0 aliphatic carbocycles. The molecule has 3 N–H and O–H groups in total. The first-order valence-corrected chi connectivity index (χ1v) is 14.2. The molecule has 2 atom stereocenters. The van der Waals surface area contributed by atoms with Gasteiger partial charge < -0.3 is 20.7 Å². The molecule has 3 aromatic heterocycles. The second-order valence-corrected chi connectivity index (χ2v) is 11.8. The van der Waals surface area contributed by atoms with Crippen LogP contribution in [0, 0.1) is 5.82 Å². The van der Waals surface area contributed by atoms with Gasteiger partial charge >= 0.3 is 0 Å². The van der Waals surface area contributed by atoms with Crippen LogP contribution in [0.25, 0.3) is 16.8 Å². The maximum atomic E-state index is 15.7. The number of nitrogens with two attached hydrogens (primary N) is 1. The lowest BCUT2D eigenvalue weighted by Gasteiger charge is -2.34. The van der Waals surface area contributed by atoms with Crippen LogP contribution in [-0.4, -0.2) is 65.3 Å². The number of nitrogen functional groups attached to an aromatic ring is 1. The Morgan fingerprint density at radius 3 is 2.79 bits per heavy atom. The van der Waals surface area contributed by atoms with Gasteiger partial charge in [0.2, 0.25) is 5.91 Å². The fraction of sp³-hybridized carbons (Fsp3) is 0.448. The van der Waals surface area contributed by atoms with Crippen molar-refractivity contribution in [3.8, 4) is 17.0 Å². The Balaban J connectivity index is 1.39. The summed E-state index contributed by atoms with van der Waals surface area (Å²) >= 11 is 0. The molecule has 12 nitrogen and oxygen atoms in total. The number of nitrogens with one attached hydrogen (secondary N) is 1. The molecule has 4 aromatic rings. The minimum absolute atomic E-state index is 0.0293. The van der Waals surface area contributed by atoms with E-state index in [-0.39, 0.29) is 53.0 Å². The maximum Gasteiger partial charge on any atom is 0.260 e. The van der Waals surface area contributed by atoms with E-state index in [4.69, 9.17) is 15.5 Å². The lowest BCUT2D eigenvalue weighted by molar-refractivity contribution is -0.130. The second-order valence-electron chi connectivity index (χ2n) is 11.8. The van der Waals surface area contributed by atoms with Gasteiger partial charge in [-0.05, 0) is 59.1 Å². The Bertz CT molecular complexity index is 1690. The van der Waals surface area contributed by atoms with E-state index in [1.807, 2.05) is 30.1 Å². The number of carbonyl (C=O) groups is 2. The molecule has 42 heavy (non-hydrogen) atoms. The van der Waals surface area contributed by atoms with Gasteiger partial charge in [-0.25, -0.2) is 19.0 Å². The summed E-state index contributed by atoms with van der Waals surface area (Å²) in [6, 6.07) is 2.88. The van der Waals surface area contributed by atoms with Gasteiger partial charge in [0.1, 0.15) is 34.4 Å². The molecule has 6 rings (SSSR count). The summed E-state index contributed by atoms with van der Waals surface area (Å²) in [5.41, 5.74) is 7.06. The van der Waals surface area contributed by atoms with Crippen LogP contribution in [0.3, 0.4) is 0 Å². The predicted octanol–water partition coefficient (Wildman–Crippen LogP) is 3.98. The second kappa shape index (κ2) is 10.4. The number of halogens is 1. The van der Waals surface area contributed by atoms with Crippen LogP contribution >= 0.6 is 0 Å². The van der Waals surface area contributed by atoms with Gasteiger partial charge in [-0.3, -0.25) is 14.0 Å². The Labute approximate surface area is 242 Å². The van der Waals surface area contributed by atoms with E-state index in [0.29, 0.717) is 29.7 Å². The molecule has 0 unspecified atom stereocenters. The standard InChI is InChI=1S/C29H34FN9O3/c1-5-42-21-13-18(28(41)33-22-15-39(36-35-22)29(2,3)4)20(30)12-19(21)24-25-26(31)32-10-11-37(25)27(34-24)16-6-7-17-8-9-23(40)38(17)14-16/h10-13,15-17H,5-9,14H2,1-4H3,(H2,31,32)(H,33,41)/t16-,17+/m1/s1. The summed E-state index contributed by atoms with van der Waals surface area (Å²) in [6.07, 6.45) is 8.19. The van der Waals surface area contributed by atoms with Crippen LogP contribution in [0.2, 0.25) is 0 Å². The number of benzene rings is 1. The molecule has 1 aromatic carbocycles. The van der Waals surface area contributed by atoms with E-state index in [9.17, 15) is 9.59 Å². The molecular formula is C29H34FN9O3. The van der Waals surface area contributed by atoms with Crippen molar-refractivity contribution in [2.45, 2.75) is 70.9 Å². The summed E-state index contributed by atoms with van der Waals surface area (Å²) in [5, 5.41) is 10.6. The molecule has 2 saturated heterocycles. The number of nitrogens with zero attached hydrogens (tertiary/aromatic N) is 7. The molecule has 0 spiro atoms. The SMILES string of the molecule is CCOc1cc(C(=O)Nc2cn(C(C)(C)C)nn2)c(F)cc1-c1nc([C@@H]2CC[C@H]3CCC(=O)N3C2)n2ccnc(N)c12. The topological polar surface area (TPSA) is 146 Å². The predicted molar refractivity (Wildman–Crippen MR) is 154 cm³/mol. The van der Waals surface area contributed by atoms with Crippen molar-refractivity contribution in [3.05, 3.63) is 47.9 Å². The molecule has 0 bridgehead atoms. The van der Waals surface area contributed by atoms with E-state index in [1.165, 1.54) is 12.1 Å². The average Bonchev–Trinajstić information content (AvgIpc) is 3.67. The first-order chi connectivity index (χ1) is 20.0. The first-order valence-electron chi connectivity index (χ1n) is 14.2. The van der Waals surface area contributed by atoms with Crippen LogP contribution in [0.15, 0.2) is 30.7 Å². The van der Waals surface area contributed by atoms with E-state index in [0.717, 1.165) is 25.1 Å². The zero-order chi connectivity index (χ0) is 29.8. The van der Waals surface area contributed by atoms with Gasteiger partial charge in [0.25, 0.3) is 5.91 Å². The lowest BCUT2D eigenvalue weighted by atomic mass is 9.92. The largest absolute Gasteiger partial charge is 0.493 e. The van der Waals surface area contributed by atoms with Crippen molar-refractivity contribution in [2.24, 2.45) is 0 Å². The van der Waals surface area contributed by atoms with E-state index >= 15 is 4.39 Å². The molecule has 2 fully saturated rings. The van der Waals surface area contributed by atoms with Crippen LogP contribution in [0.4, 0.5) is 16.0 Å². The minimum atomic E-state index is -0.762. The molecule has 2 aliphatic heterocycles. The number of imidazole rings is 1. The molecule has 2 aliphatic rings. The number of hydrogen-bond acceptors (Lipinski definition) is 8. The molecule has 0 radical (unpaired) electrons. The van der Waals surface area contributed by atoms with Crippen molar-refractivity contribution in [1.29, 1.82) is 0 Å². The molecule has 13 heteroatoms. The third kappa shape index (κ3) is 4.82. The van der Waals surface area contributed by atoms with E-state index in [1.54, 1.807) is 30.2 Å². The average molecular weight is 576 g/mol. The Morgan fingerprint density at radius 2 is 2.05 bits per heavy atom. The summed E-state index contributed by atoms with van der Waals surface area (Å²) in [5.74, 6) is 0.109.